The van der Waals surface area contributed by atoms with E-state index in [1.54, 1.807) is 0 Å². The monoisotopic (exact) mass is 270 g/mol. The highest BCUT2D eigenvalue weighted by atomic mass is 79.9. The molecule has 1 rings (SSSR count). The molecule has 0 amide bonds. The number of hydrogen-bond acceptors (Lipinski definition) is 2. The van der Waals surface area contributed by atoms with E-state index in [1.807, 2.05) is 0 Å². The maximum absolute atomic E-state index is 3.47. The summed E-state index contributed by atoms with van der Waals surface area (Å²) in [5.74, 6) is 0. The fourth-order valence-electron chi connectivity index (χ4n) is 1.39. The molecule has 0 heterocycles. The zero-order valence-corrected chi connectivity index (χ0v) is 10.8. The van der Waals surface area contributed by atoms with Crippen LogP contribution in [0.1, 0.15) is 18.9 Å². The van der Waals surface area contributed by atoms with Crippen molar-refractivity contribution in [2.75, 3.05) is 19.6 Å². The highest BCUT2D eigenvalue weighted by Gasteiger charge is 1.93. The Kier molecular flexibility index (Phi) is 6.64. The van der Waals surface area contributed by atoms with Gasteiger partial charge in [-0.15, -0.1) is 0 Å². The van der Waals surface area contributed by atoms with E-state index in [9.17, 15) is 0 Å². The van der Waals surface area contributed by atoms with E-state index in [1.165, 1.54) is 12.0 Å². The molecule has 1 aromatic carbocycles. The summed E-state index contributed by atoms with van der Waals surface area (Å²) in [5, 5.41) is 6.74. The van der Waals surface area contributed by atoms with Crippen molar-refractivity contribution >= 4 is 15.9 Å². The predicted octanol–water partition coefficient (Wildman–Crippen LogP) is 2.54. The van der Waals surface area contributed by atoms with Crippen molar-refractivity contribution in [1.29, 1.82) is 0 Å². The zero-order valence-electron chi connectivity index (χ0n) is 9.22. The van der Waals surface area contributed by atoms with E-state index in [2.05, 4.69) is 57.8 Å². The molecule has 0 aliphatic heterocycles. The molecular weight excluding hydrogens is 252 g/mol. The van der Waals surface area contributed by atoms with Gasteiger partial charge in [-0.05, 0) is 43.8 Å². The molecule has 0 aromatic heterocycles. The summed E-state index contributed by atoms with van der Waals surface area (Å²) in [4.78, 5) is 0. The van der Waals surface area contributed by atoms with E-state index >= 15 is 0 Å². The first kappa shape index (κ1) is 12.7. The SMILES string of the molecule is CCNCCCNCc1cccc(Br)c1. The van der Waals surface area contributed by atoms with E-state index in [4.69, 9.17) is 0 Å². The molecule has 0 unspecified atom stereocenters. The molecule has 0 aliphatic rings. The average molecular weight is 271 g/mol. The Morgan fingerprint density at radius 2 is 2.00 bits per heavy atom. The van der Waals surface area contributed by atoms with Crippen molar-refractivity contribution in [1.82, 2.24) is 10.6 Å². The lowest BCUT2D eigenvalue weighted by molar-refractivity contribution is 0.606. The van der Waals surface area contributed by atoms with Gasteiger partial charge in [0.2, 0.25) is 0 Å². The van der Waals surface area contributed by atoms with Crippen LogP contribution in [0.15, 0.2) is 28.7 Å². The number of hydrogen-bond donors (Lipinski definition) is 2. The maximum atomic E-state index is 3.47. The normalized spacial score (nSPS) is 10.5. The van der Waals surface area contributed by atoms with Crippen molar-refractivity contribution < 1.29 is 0 Å². The first-order valence-electron chi connectivity index (χ1n) is 5.49. The summed E-state index contributed by atoms with van der Waals surface area (Å²) in [6.45, 7) is 6.31. The van der Waals surface area contributed by atoms with Gasteiger partial charge in [0.05, 0.1) is 0 Å². The van der Waals surface area contributed by atoms with Crippen molar-refractivity contribution in [3.05, 3.63) is 34.3 Å². The van der Waals surface area contributed by atoms with E-state index < -0.39 is 0 Å². The minimum Gasteiger partial charge on any atom is -0.317 e. The van der Waals surface area contributed by atoms with Crippen LogP contribution in [0.4, 0.5) is 0 Å². The Morgan fingerprint density at radius 3 is 2.73 bits per heavy atom. The van der Waals surface area contributed by atoms with Crippen LogP contribution in [-0.4, -0.2) is 19.6 Å². The molecular formula is C12H19BrN2. The van der Waals surface area contributed by atoms with Crippen molar-refractivity contribution in [3.63, 3.8) is 0 Å². The van der Waals surface area contributed by atoms with Crippen molar-refractivity contribution in [2.24, 2.45) is 0 Å². The Hall–Kier alpha value is -0.380. The van der Waals surface area contributed by atoms with Crippen LogP contribution in [0.2, 0.25) is 0 Å². The number of rotatable bonds is 7. The highest BCUT2D eigenvalue weighted by Crippen LogP contribution is 2.11. The topological polar surface area (TPSA) is 24.1 Å². The van der Waals surface area contributed by atoms with Gasteiger partial charge >= 0.3 is 0 Å². The summed E-state index contributed by atoms with van der Waals surface area (Å²) in [6, 6.07) is 8.41. The summed E-state index contributed by atoms with van der Waals surface area (Å²) < 4.78 is 1.15. The van der Waals surface area contributed by atoms with Crippen LogP contribution in [0, 0.1) is 0 Å². The molecule has 0 radical (unpaired) electrons. The molecule has 84 valence electrons. The van der Waals surface area contributed by atoms with Crippen LogP contribution in [0.3, 0.4) is 0 Å². The molecule has 0 fully saturated rings. The van der Waals surface area contributed by atoms with Crippen LogP contribution in [0.5, 0.6) is 0 Å². The quantitative estimate of drug-likeness (QED) is 0.745. The lowest BCUT2D eigenvalue weighted by Crippen LogP contribution is -2.21. The molecule has 0 saturated heterocycles. The first-order valence-corrected chi connectivity index (χ1v) is 6.28. The molecule has 0 aliphatic carbocycles. The van der Waals surface area contributed by atoms with E-state index in [-0.39, 0.29) is 0 Å². The third-order valence-electron chi connectivity index (χ3n) is 2.18. The lowest BCUT2D eigenvalue weighted by atomic mass is 10.2. The second-order valence-corrected chi connectivity index (χ2v) is 4.43. The van der Waals surface area contributed by atoms with Gasteiger partial charge in [-0.2, -0.15) is 0 Å². The van der Waals surface area contributed by atoms with Gasteiger partial charge in [0.25, 0.3) is 0 Å². The molecule has 3 heteroatoms. The van der Waals surface area contributed by atoms with E-state index in [0.29, 0.717) is 0 Å². The largest absolute Gasteiger partial charge is 0.317 e. The summed E-state index contributed by atoms with van der Waals surface area (Å²) in [5.41, 5.74) is 1.33. The van der Waals surface area contributed by atoms with Crippen LogP contribution < -0.4 is 10.6 Å². The molecule has 2 N–H and O–H groups in total. The van der Waals surface area contributed by atoms with Crippen molar-refractivity contribution in [2.45, 2.75) is 19.9 Å². The van der Waals surface area contributed by atoms with E-state index in [0.717, 1.165) is 30.7 Å². The maximum Gasteiger partial charge on any atom is 0.0205 e. The highest BCUT2D eigenvalue weighted by molar-refractivity contribution is 9.10. The fourth-order valence-corrected chi connectivity index (χ4v) is 1.84. The molecule has 1 aromatic rings. The summed E-state index contributed by atoms with van der Waals surface area (Å²) in [7, 11) is 0. The van der Waals surface area contributed by atoms with Crippen LogP contribution in [0.25, 0.3) is 0 Å². The first-order chi connectivity index (χ1) is 7.33. The van der Waals surface area contributed by atoms with Crippen LogP contribution >= 0.6 is 15.9 Å². The predicted molar refractivity (Wildman–Crippen MR) is 69.0 cm³/mol. The minimum atomic E-state index is 0.950. The lowest BCUT2D eigenvalue weighted by Gasteiger charge is -2.05. The third kappa shape index (κ3) is 5.92. The van der Waals surface area contributed by atoms with Gasteiger partial charge in [-0.1, -0.05) is 35.0 Å². The standard InChI is InChI=1S/C12H19BrN2/c1-2-14-7-4-8-15-10-11-5-3-6-12(13)9-11/h3,5-6,9,14-15H,2,4,7-8,10H2,1H3. The second kappa shape index (κ2) is 7.85. The Labute approximate surface area is 101 Å². The number of halogens is 1. The molecule has 0 bridgehead atoms. The molecule has 2 nitrogen and oxygen atoms in total. The fraction of sp³-hybridized carbons (Fsp3) is 0.500. The van der Waals surface area contributed by atoms with Gasteiger partial charge < -0.3 is 10.6 Å². The zero-order chi connectivity index (χ0) is 10.9. The van der Waals surface area contributed by atoms with Gasteiger partial charge in [0.1, 0.15) is 0 Å². The van der Waals surface area contributed by atoms with Gasteiger partial charge in [-0.3, -0.25) is 0 Å². The Morgan fingerprint density at radius 1 is 1.20 bits per heavy atom. The molecule has 0 saturated carbocycles. The van der Waals surface area contributed by atoms with Crippen molar-refractivity contribution in [3.8, 4) is 0 Å². The third-order valence-corrected chi connectivity index (χ3v) is 2.67. The number of benzene rings is 1. The van der Waals surface area contributed by atoms with Gasteiger partial charge in [0.15, 0.2) is 0 Å². The average Bonchev–Trinajstić information content (AvgIpc) is 2.23. The summed E-state index contributed by atoms with van der Waals surface area (Å²) >= 11 is 3.47. The Bertz CT molecular complexity index is 276. The molecule has 15 heavy (non-hydrogen) atoms. The minimum absolute atomic E-state index is 0.950. The van der Waals surface area contributed by atoms with Gasteiger partial charge in [0, 0.05) is 11.0 Å². The Balaban J connectivity index is 2.10. The smallest absolute Gasteiger partial charge is 0.0205 e. The van der Waals surface area contributed by atoms with Gasteiger partial charge in [-0.25, -0.2) is 0 Å². The van der Waals surface area contributed by atoms with Crippen LogP contribution in [-0.2, 0) is 6.54 Å². The number of nitrogens with one attached hydrogen (secondary N) is 2. The summed E-state index contributed by atoms with van der Waals surface area (Å²) in [6.07, 6.45) is 1.18. The molecule has 0 spiro atoms. The second-order valence-electron chi connectivity index (χ2n) is 3.51. The molecule has 0 atom stereocenters.